The number of amides is 1. The molecular formula is C18H14N2O5. The molecule has 0 bridgehead atoms. The number of nitro groups is 1. The number of carbonyl (C=O) groups is 2. The number of non-ortho nitro benzene ring substituents is 1. The van der Waals surface area contributed by atoms with Crippen molar-refractivity contribution >= 4 is 18.1 Å². The van der Waals surface area contributed by atoms with Crippen LogP contribution in [0.4, 0.5) is 10.5 Å². The van der Waals surface area contributed by atoms with E-state index in [1.807, 2.05) is 30.3 Å². The van der Waals surface area contributed by atoms with E-state index in [9.17, 15) is 19.7 Å². The van der Waals surface area contributed by atoms with Gasteiger partial charge in [-0.2, -0.15) is 0 Å². The van der Waals surface area contributed by atoms with Gasteiger partial charge in [-0.15, -0.1) is 0 Å². The van der Waals surface area contributed by atoms with Crippen LogP contribution >= 0.6 is 0 Å². The second-order valence-electron chi connectivity index (χ2n) is 4.91. The van der Waals surface area contributed by atoms with Gasteiger partial charge in [-0.3, -0.25) is 14.9 Å². The number of ether oxygens (including phenoxy) is 1. The number of nitrogens with zero attached hydrogens (tertiary/aromatic N) is 1. The summed E-state index contributed by atoms with van der Waals surface area (Å²) < 4.78 is 5.01. The molecule has 0 fully saturated rings. The number of benzene rings is 2. The van der Waals surface area contributed by atoms with Crippen LogP contribution in [0.5, 0.6) is 0 Å². The third-order valence-electron chi connectivity index (χ3n) is 3.05. The molecule has 0 spiro atoms. The summed E-state index contributed by atoms with van der Waals surface area (Å²) in [5, 5.41) is 13.2. The van der Waals surface area contributed by atoms with Gasteiger partial charge in [0, 0.05) is 23.3 Å². The zero-order chi connectivity index (χ0) is 18.1. The number of nitro benzene ring substituents is 1. The molecule has 0 aromatic heterocycles. The largest absolute Gasteiger partial charge is 0.445 e. The van der Waals surface area contributed by atoms with Gasteiger partial charge in [-0.1, -0.05) is 42.2 Å². The summed E-state index contributed by atoms with van der Waals surface area (Å²) in [7, 11) is 0. The summed E-state index contributed by atoms with van der Waals surface area (Å²) in [6, 6.07) is 13.1. The van der Waals surface area contributed by atoms with Crippen molar-refractivity contribution in [3.05, 3.63) is 75.3 Å². The van der Waals surface area contributed by atoms with Crippen molar-refractivity contribution in [2.24, 2.45) is 0 Å². The molecule has 2 aromatic rings. The van der Waals surface area contributed by atoms with Crippen LogP contribution in [-0.4, -0.2) is 23.8 Å². The SMILES string of the molecule is O=Cc1cc(C#CCNC(=O)OCc2ccccc2)cc([N+](=O)[O-])c1. The lowest BCUT2D eigenvalue weighted by Crippen LogP contribution is -2.24. The number of rotatable bonds is 5. The maximum absolute atomic E-state index is 11.5. The van der Waals surface area contributed by atoms with E-state index in [-0.39, 0.29) is 24.4 Å². The summed E-state index contributed by atoms with van der Waals surface area (Å²) in [6.45, 7) is 0.153. The Kier molecular flexibility index (Phi) is 6.25. The van der Waals surface area contributed by atoms with Gasteiger partial charge in [0.15, 0.2) is 0 Å². The Morgan fingerprint density at radius 2 is 2.00 bits per heavy atom. The van der Waals surface area contributed by atoms with Crippen LogP contribution < -0.4 is 5.32 Å². The maximum Gasteiger partial charge on any atom is 0.408 e. The van der Waals surface area contributed by atoms with Crippen LogP contribution in [0.15, 0.2) is 48.5 Å². The van der Waals surface area contributed by atoms with Crippen molar-refractivity contribution in [3.63, 3.8) is 0 Å². The molecule has 0 saturated heterocycles. The second-order valence-corrected chi connectivity index (χ2v) is 4.91. The third-order valence-corrected chi connectivity index (χ3v) is 3.05. The van der Waals surface area contributed by atoms with Crippen molar-refractivity contribution in [1.82, 2.24) is 5.32 Å². The van der Waals surface area contributed by atoms with E-state index in [1.165, 1.54) is 12.1 Å². The van der Waals surface area contributed by atoms with Crippen molar-refractivity contribution in [1.29, 1.82) is 0 Å². The Morgan fingerprint density at radius 1 is 1.24 bits per heavy atom. The smallest absolute Gasteiger partial charge is 0.408 e. The minimum absolute atomic E-state index is 0.00668. The molecule has 0 saturated carbocycles. The molecule has 2 rings (SSSR count). The Bertz CT molecular complexity index is 838. The third kappa shape index (κ3) is 5.80. The van der Waals surface area contributed by atoms with Gasteiger partial charge in [0.05, 0.1) is 11.5 Å². The highest BCUT2D eigenvalue weighted by Crippen LogP contribution is 2.15. The van der Waals surface area contributed by atoms with Crippen LogP contribution in [0, 0.1) is 22.0 Å². The van der Waals surface area contributed by atoms with Gasteiger partial charge in [0.25, 0.3) is 5.69 Å². The average Bonchev–Trinajstić information content (AvgIpc) is 2.64. The number of carbonyl (C=O) groups excluding carboxylic acids is 2. The minimum Gasteiger partial charge on any atom is -0.445 e. The van der Waals surface area contributed by atoms with Gasteiger partial charge >= 0.3 is 6.09 Å². The fourth-order valence-corrected chi connectivity index (χ4v) is 1.92. The van der Waals surface area contributed by atoms with E-state index in [0.29, 0.717) is 11.8 Å². The molecule has 0 aliphatic heterocycles. The minimum atomic E-state index is -0.620. The molecule has 0 atom stereocenters. The molecule has 0 unspecified atom stereocenters. The summed E-state index contributed by atoms with van der Waals surface area (Å²) in [5.41, 5.74) is 1.12. The number of alkyl carbamates (subject to hydrolysis) is 1. The van der Waals surface area contributed by atoms with E-state index < -0.39 is 11.0 Å². The predicted molar refractivity (Wildman–Crippen MR) is 90.0 cm³/mol. The topological polar surface area (TPSA) is 98.5 Å². The molecule has 1 N–H and O–H groups in total. The molecule has 7 nitrogen and oxygen atoms in total. The Morgan fingerprint density at radius 3 is 2.68 bits per heavy atom. The van der Waals surface area contributed by atoms with Crippen LogP contribution in [-0.2, 0) is 11.3 Å². The van der Waals surface area contributed by atoms with Crippen LogP contribution in [0.2, 0.25) is 0 Å². The van der Waals surface area contributed by atoms with Gasteiger partial charge in [-0.25, -0.2) is 4.79 Å². The van der Waals surface area contributed by atoms with E-state index in [0.717, 1.165) is 11.6 Å². The lowest BCUT2D eigenvalue weighted by atomic mass is 10.1. The van der Waals surface area contributed by atoms with Crippen LogP contribution in [0.3, 0.4) is 0 Å². The summed E-state index contributed by atoms with van der Waals surface area (Å²) in [5.74, 6) is 5.31. The number of aldehydes is 1. The highest BCUT2D eigenvalue weighted by molar-refractivity contribution is 5.77. The monoisotopic (exact) mass is 338 g/mol. The van der Waals surface area contributed by atoms with Crippen molar-refractivity contribution in [2.75, 3.05) is 6.54 Å². The molecular weight excluding hydrogens is 324 g/mol. The Labute approximate surface area is 143 Å². The molecule has 1 amide bonds. The number of nitrogens with one attached hydrogen (secondary N) is 1. The van der Waals surface area contributed by atoms with Crippen molar-refractivity contribution in [2.45, 2.75) is 6.61 Å². The first-order chi connectivity index (χ1) is 12.1. The van der Waals surface area contributed by atoms with E-state index >= 15 is 0 Å². The summed E-state index contributed by atoms with van der Waals surface area (Å²) >= 11 is 0. The van der Waals surface area contributed by atoms with E-state index in [2.05, 4.69) is 17.2 Å². The number of hydrogen-bond acceptors (Lipinski definition) is 5. The van der Waals surface area contributed by atoms with Crippen molar-refractivity contribution < 1.29 is 19.2 Å². The van der Waals surface area contributed by atoms with Gasteiger partial charge in [0.1, 0.15) is 12.9 Å². The van der Waals surface area contributed by atoms with Gasteiger partial charge in [0.2, 0.25) is 0 Å². The van der Waals surface area contributed by atoms with Gasteiger partial charge in [-0.05, 0) is 11.6 Å². The lowest BCUT2D eigenvalue weighted by Gasteiger charge is -2.04. The first-order valence-electron chi connectivity index (χ1n) is 7.26. The molecule has 0 aliphatic rings. The fourth-order valence-electron chi connectivity index (χ4n) is 1.92. The van der Waals surface area contributed by atoms with Crippen LogP contribution in [0.1, 0.15) is 21.5 Å². The molecule has 7 heteroatoms. The maximum atomic E-state index is 11.5. The zero-order valence-electron chi connectivity index (χ0n) is 13.1. The first kappa shape index (κ1) is 17.7. The summed E-state index contributed by atoms with van der Waals surface area (Å²) in [4.78, 5) is 32.5. The molecule has 0 heterocycles. The lowest BCUT2D eigenvalue weighted by molar-refractivity contribution is -0.384. The zero-order valence-corrected chi connectivity index (χ0v) is 13.1. The normalized spacial score (nSPS) is 9.44. The quantitative estimate of drug-likeness (QED) is 0.391. The molecule has 2 aromatic carbocycles. The molecule has 25 heavy (non-hydrogen) atoms. The van der Waals surface area contributed by atoms with E-state index in [4.69, 9.17) is 4.74 Å². The molecule has 0 aliphatic carbocycles. The highest BCUT2D eigenvalue weighted by Gasteiger charge is 2.08. The van der Waals surface area contributed by atoms with Crippen molar-refractivity contribution in [3.8, 4) is 11.8 Å². The van der Waals surface area contributed by atoms with Gasteiger partial charge < -0.3 is 10.1 Å². The second kappa shape index (κ2) is 8.84. The van der Waals surface area contributed by atoms with Crippen LogP contribution in [0.25, 0.3) is 0 Å². The predicted octanol–water partition coefficient (Wildman–Crippen LogP) is 2.69. The highest BCUT2D eigenvalue weighted by atomic mass is 16.6. The molecule has 126 valence electrons. The fraction of sp³-hybridized carbons (Fsp3) is 0.111. The Balaban J connectivity index is 1.87. The molecule has 0 radical (unpaired) electrons. The first-order valence-corrected chi connectivity index (χ1v) is 7.26. The average molecular weight is 338 g/mol. The number of hydrogen-bond donors (Lipinski definition) is 1. The Hall–Kier alpha value is -3.66. The van der Waals surface area contributed by atoms with E-state index in [1.54, 1.807) is 0 Å². The standard InChI is InChI=1S/C18H14N2O5/c21-12-16-9-15(10-17(11-16)20(23)24)7-4-8-19-18(22)25-13-14-5-2-1-3-6-14/h1-3,5-6,9-12H,8,13H2,(H,19,22). The summed E-state index contributed by atoms with van der Waals surface area (Å²) in [6.07, 6.45) is -0.108.